The van der Waals surface area contributed by atoms with Gasteiger partial charge in [0.25, 0.3) is 0 Å². The second-order valence-corrected chi connectivity index (χ2v) is 3.52. The van der Waals surface area contributed by atoms with E-state index in [0.717, 1.165) is 0 Å². The fourth-order valence-corrected chi connectivity index (χ4v) is 1.37. The predicted octanol–water partition coefficient (Wildman–Crippen LogP) is 3.84. The Labute approximate surface area is 83.0 Å². The zero-order valence-electron chi connectivity index (χ0n) is 7.56. The van der Waals surface area contributed by atoms with Gasteiger partial charge in [-0.05, 0) is 24.5 Å². The molecule has 0 aliphatic heterocycles. The minimum atomic E-state index is -0.235. The van der Waals surface area contributed by atoms with Gasteiger partial charge in [0.05, 0.1) is 0 Å². The molecule has 0 bridgehead atoms. The fourth-order valence-electron chi connectivity index (χ4n) is 1.13. The van der Waals surface area contributed by atoms with E-state index in [4.69, 9.17) is 11.6 Å². The van der Waals surface area contributed by atoms with Gasteiger partial charge >= 0.3 is 0 Å². The summed E-state index contributed by atoms with van der Waals surface area (Å²) in [5, 5.41) is 0.494. The Kier molecular flexibility index (Phi) is 3.49. The summed E-state index contributed by atoms with van der Waals surface area (Å²) < 4.78 is 13.2. The molecule has 0 aliphatic rings. The first-order valence-electron chi connectivity index (χ1n) is 4.20. The van der Waals surface area contributed by atoms with Crippen LogP contribution in [0.25, 0.3) is 0 Å². The molecule has 0 spiro atoms. The van der Waals surface area contributed by atoms with E-state index in [0.29, 0.717) is 17.0 Å². The van der Waals surface area contributed by atoms with Crippen molar-refractivity contribution < 1.29 is 4.39 Å². The van der Waals surface area contributed by atoms with Crippen molar-refractivity contribution in [2.24, 2.45) is 5.92 Å². The lowest BCUT2D eigenvalue weighted by atomic mass is 10.0. The number of benzene rings is 1. The van der Waals surface area contributed by atoms with Crippen molar-refractivity contribution >= 4 is 11.6 Å². The molecule has 1 rings (SSSR count). The molecule has 1 aromatic carbocycles. The monoisotopic (exact) mass is 198 g/mol. The zero-order chi connectivity index (χ0) is 9.84. The molecule has 1 aromatic rings. The van der Waals surface area contributed by atoms with E-state index in [1.54, 1.807) is 18.2 Å². The standard InChI is InChI=1S/C11H12ClF/c1-3-8(2)7-9-10(12)5-4-6-11(9)13/h3-6,8H,1,7H2,2H3. The number of hydrogen-bond acceptors (Lipinski definition) is 0. The Bertz CT molecular complexity index is 287. The van der Waals surface area contributed by atoms with Crippen LogP contribution < -0.4 is 0 Å². The first-order valence-corrected chi connectivity index (χ1v) is 4.58. The molecular formula is C11H12ClF. The molecule has 0 N–H and O–H groups in total. The molecule has 0 saturated heterocycles. The highest BCUT2D eigenvalue weighted by molar-refractivity contribution is 6.31. The van der Waals surface area contributed by atoms with Gasteiger partial charge in [0.1, 0.15) is 5.82 Å². The van der Waals surface area contributed by atoms with E-state index in [1.165, 1.54) is 6.07 Å². The maximum atomic E-state index is 13.2. The van der Waals surface area contributed by atoms with Crippen LogP contribution in [-0.2, 0) is 6.42 Å². The van der Waals surface area contributed by atoms with Crippen LogP contribution in [0.1, 0.15) is 12.5 Å². The van der Waals surface area contributed by atoms with Gasteiger partial charge in [-0.3, -0.25) is 0 Å². The third-order valence-electron chi connectivity index (χ3n) is 1.99. The van der Waals surface area contributed by atoms with Gasteiger partial charge in [-0.2, -0.15) is 0 Å². The van der Waals surface area contributed by atoms with E-state index in [9.17, 15) is 4.39 Å². The first kappa shape index (κ1) is 10.3. The lowest BCUT2D eigenvalue weighted by Crippen LogP contribution is -1.99. The van der Waals surface area contributed by atoms with Crippen LogP contribution in [0.15, 0.2) is 30.9 Å². The molecule has 0 aromatic heterocycles. The van der Waals surface area contributed by atoms with Crippen LogP contribution in [0.4, 0.5) is 4.39 Å². The molecule has 1 atom stereocenters. The summed E-state index contributed by atoms with van der Waals surface area (Å²) in [6, 6.07) is 4.74. The van der Waals surface area contributed by atoms with Crippen LogP contribution in [0, 0.1) is 11.7 Å². The van der Waals surface area contributed by atoms with Crippen molar-refractivity contribution in [1.29, 1.82) is 0 Å². The molecule has 1 unspecified atom stereocenters. The smallest absolute Gasteiger partial charge is 0.127 e. The summed E-state index contributed by atoms with van der Waals surface area (Å²) in [7, 11) is 0. The van der Waals surface area contributed by atoms with E-state index in [2.05, 4.69) is 6.58 Å². The second-order valence-electron chi connectivity index (χ2n) is 3.12. The zero-order valence-corrected chi connectivity index (χ0v) is 8.31. The van der Waals surface area contributed by atoms with E-state index in [1.807, 2.05) is 6.92 Å². The number of rotatable bonds is 3. The Balaban J connectivity index is 2.93. The predicted molar refractivity (Wildman–Crippen MR) is 54.5 cm³/mol. The lowest BCUT2D eigenvalue weighted by Gasteiger charge is -2.08. The molecule has 0 aliphatic carbocycles. The van der Waals surface area contributed by atoms with Gasteiger partial charge in [-0.1, -0.05) is 30.7 Å². The third kappa shape index (κ3) is 2.56. The fraction of sp³-hybridized carbons (Fsp3) is 0.273. The minimum absolute atomic E-state index is 0.235. The largest absolute Gasteiger partial charge is 0.207 e. The Morgan fingerprint density at radius 2 is 2.31 bits per heavy atom. The van der Waals surface area contributed by atoms with Gasteiger partial charge < -0.3 is 0 Å². The van der Waals surface area contributed by atoms with E-state index >= 15 is 0 Å². The maximum Gasteiger partial charge on any atom is 0.127 e. The highest BCUT2D eigenvalue weighted by atomic mass is 35.5. The highest BCUT2D eigenvalue weighted by Gasteiger charge is 2.08. The van der Waals surface area contributed by atoms with Crippen LogP contribution >= 0.6 is 11.6 Å². The molecule has 0 nitrogen and oxygen atoms in total. The van der Waals surface area contributed by atoms with Crippen molar-refractivity contribution in [3.63, 3.8) is 0 Å². The average Bonchev–Trinajstić information content (AvgIpc) is 2.11. The van der Waals surface area contributed by atoms with Gasteiger partial charge in [0.15, 0.2) is 0 Å². The molecule has 70 valence electrons. The molecule has 0 fully saturated rings. The molecule has 0 saturated carbocycles. The summed E-state index contributed by atoms with van der Waals surface area (Å²) in [4.78, 5) is 0. The molecule has 2 heteroatoms. The van der Waals surface area contributed by atoms with E-state index in [-0.39, 0.29) is 11.7 Å². The quantitative estimate of drug-likeness (QED) is 0.648. The molecule has 0 heterocycles. The van der Waals surface area contributed by atoms with Gasteiger partial charge in [-0.15, -0.1) is 6.58 Å². The van der Waals surface area contributed by atoms with Crippen molar-refractivity contribution in [3.05, 3.63) is 47.3 Å². The summed E-state index contributed by atoms with van der Waals surface area (Å²) in [6.45, 7) is 5.63. The third-order valence-corrected chi connectivity index (χ3v) is 2.34. The van der Waals surface area contributed by atoms with Crippen molar-refractivity contribution in [3.8, 4) is 0 Å². The Morgan fingerprint density at radius 1 is 1.62 bits per heavy atom. The van der Waals surface area contributed by atoms with Gasteiger partial charge in [-0.25, -0.2) is 4.39 Å². The highest BCUT2D eigenvalue weighted by Crippen LogP contribution is 2.22. The van der Waals surface area contributed by atoms with E-state index < -0.39 is 0 Å². The van der Waals surface area contributed by atoms with Crippen LogP contribution in [-0.4, -0.2) is 0 Å². The molecular weight excluding hydrogens is 187 g/mol. The first-order chi connectivity index (χ1) is 6.15. The summed E-state index contributed by atoms with van der Waals surface area (Å²) in [5.41, 5.74) is 0.580. The molecule has 0 radical (unpaired) electrons. The topological polar surface area (TPSA) is 0 Å². The maximum absolute atomic E-state index is 13.2. The number of hydrogen-bond donors (Lipinski definition) is 0. The summed E-state index contributed by atoms with van der Waals surface area (Å²) in [6.07, 6.45) is 2.40. The number of allylic oxidation sites excluding steroid dienone is 1. The van der Waals surface area contributed by atoms with Crippen molar-refractivity contribution in [1.82, 2.24) is 0 Å². The normalized spacial score (nSPS) is 12.5. The SMILES string of the molecule is C=CC(C)Cc1c(F)cccc1Cl. The minimum Gasteiger partial charge on any atom is -0.207 e. The molecule has 13 heavy (non-hydrogen) atoms. The van der Waals surface area contributed by atoms with Crippen molar-refractivity contribution in [2.45, 2.75) is 13.3 Å². The summed E-state index contributed by atoms with van der Waals surface area (Å²) in [5.74, 6) is 0.00981. The van der Waals surface area contributed by atoms with Crippen LogP contribution in [0.2, 0.25) is 5.02 Å². The second kappa shape index (κ2) is 4.43. The van der Waals surface area contributed by atoms with Crippen LogP contribution in [0.3, 0.4) is 0 Å². The Hall–Kier alpha value is -0.820. The van der Waals surface area contributed by atoms with Gasteiger partial charge in [0.2, 0.25) is 0 Å². The average molecular weight is 199 g/mol. The van der Waals surface area contributed by atoms with Crippen LogP contribution in [0.5, 0.6) is 0 Å². The van der Waals surface area contributed by atoms with Gasteiger partial charge in [0, 0.05) is 10.6 Å². The van der Waals surface area contributed by atoms with Crippen molar-refractivity contribution in [2.75, 3.05) is 0 Å². The number of halogens is 2. The lowest BCUT2D eigenvalue weighted by molar-refractivity contribution is 0.592. The summed E-state index contributed by atoms with van der Waals surface area (Å²) >= 11 is 5.86. The Morgan fingerprint density at radius 3 is 2.85 bits per heavy atom. The molecule has 0 amide bonds.